The minimum absolute atomic E-state index is 0.130. The summed E-state index contributed by atoms with van der Waals surface area (Å²) >= 11 is 0. The van der Waals surface area contributed by atoms with Crippen LogP contribution < -0.4 is 11.1 Å². The molecular weight excluding hydrogens is 384 g/mol. The number of ether oxygens (including phenoxy) is 1. The van der Waals surface area contributed by atoms with Gasteiger partial charge in [-0.2, -0.15) is 9.50 Å². The van der Waals surface area contributed by atoms with E-state index in [9.17, 15) is 9.59 Å². The highest BCUT2D eigenvalue weighted by molar-refractivity contribution is 5.92. The molecule has 1 aromatic carbocycles. The first-order chi connectivity index (χ1) is 14.4. The average Bonchev–Trinajstić information content (AvgIpc) is 3.31. The summed E-state index contributed by atoms with van der Waals surface area (Å²) in [6.45, 7) is 3.41. The summed E-state index contributed by atoms with van der Waals surface area (Å²) in [4.78, 5) is 32.7. The molecular formula is C21H24N6O3. The summed E-state index contributed by atoms with van der Waals surface area (Å²) in [6, 6.07) is 5.92. The number of anilines is 2. The van der Waals surface area contributed by atoms with Crippen molar-refractivity contribution in [3.8, 4) is 0 Å². The second-order valence-electron chi connectivity index (χ2n) is 7.49. The maximum atomic E-state index is 12.1. The molecule has 0 atom stereocenters. The zero-order chi connectivity index (χ0) is 21.3. The molecule has 0 unspecified atom stereocenters. The van der Waals surface area contributed by atoms with Gasteiger partial charge in [0, 0.05) is 23.5 Å². The Hall–Kier alpha value is -3.49. The fourth-order valence-electron chi connectivity index (χ4n) is 3.88. The number of aromatic nitrogens is 4. The Morgan fingerprint density at radius 3 is 2.83 bits per heavy atom. The van der Waals surface area contributed by atoms with Gasteiger partial charge in [0.2, 0.25) is 5.95 Å². The zero-order valence-electron chi connectivity index (χ0n) is 17.1. The Morgan fingerprint density at radius 1 is 1.20 bits per heavy atom. The third-order valence-electron chi connectivity index (χ3n) is 5.39. The number of esters is 1. The van der Waals surface area contributed by atoms with Crippen molar-refractivity contribution in [1.29, 1.82) is 0 Å². The van der Waals surface area contributed by atoms with Crippen LogP contribution in [0.2, 0.25) is 0 Å². The van der Waals surface area contributed by atoms with Crippen LogP contribution in [0.15, 0.2) is 18.2 Å². The molecule has 9 heteroatoms. The minimum Gasteiger partial charge on any atom is -0.456 e. The lowest BCUT2D eigenvalue weighted by Crippen LogP contribution is -2.21. The Bertz CT molecular complexity index is 1140. The van der Waals surface area contributed by atoms with Gasteiger partial charge in [0.15, 0.2) is 6.61 Å². The largest absolute Gasteiger partial charge is 0.456 e. The van der Waals surface area contributed by atoms with Crippen LogP contribution in [-0.4, -0.2) is 38.1 Å². The lowest BCUT2D eigenvalue weighted by molar-refractivity contribution is -0.147. The molecule has 3 N–H and O–H groups in total. The summed E-state index contributed by atoms with van der Waals surface area (Å²) < 4.78 is 6.70. The van der Waals surface area contributed by atoms with E-state index in [0.29, 0.717) is 12.2 Å². The van der Waals surface area contributed by atoms with E-state index in [2.05, 4.69) is 20.4 Å². The van der Waals surface area contributed by atoms with Crippen molar-refractivity contribution >= 4 is 29.3 Å². The summed E-state index contributed by atoms with van der Waals surface area (Å²) in [5.74, 6) is -0.223. The SMILES string of the molecule is Cc1nc2nc(N)nn2c(C)c1CCC(=O)OCC(=O)Nc1ccc2c(c1)CCC2. The van der Waals surface area contributed by atoms with E-state index >= 15 is 0 Å². The predicted octanol–water partition coefficient (Wildman–Crippen LogP) is 1.93. The van der Waals surface area contributed by atoms with Crippen LogP contribution in [0.3, 0.4) is 0 Å². The Morgan fingerprint density at radius 2 is 2.00 bits per heavy atom. The average molecular weight is 408 g/mol. The highest BCUT2D eigenvalue weighted by atomic mass is 16.5. The van der Waals surface area contributed by atoms with Crippen molar-refractivity contribution in [1.82, 2.24) is 19.6 Å². The van der Waals surface area contributed by atoms with Crippen molar-refractivity contribution in [3.05, 3.63) is 46.3 Å². The highest BCUT2D eigenvalue weighted by Gasteiger charge is 2.16. The number of hydrogen-bond donors (Lipinski definition) is 2. The molecule has 4 rings (SSSR count). The molecule has 0 fully saturated rings. The van der Waals surface area contributed by atoms with E-state index in [1.54, 1.807) is 4.52 Å². The molecule has 0 bridgehead atoms. The number of amides is 1. The molecule has 1 aliphatic rings. The molecule has 3 aromatic rings. The standard InChI is InChI=1S/C21H24N6O3/c1-12-17(13(2)27-21(23-12)25-20(22)26-27)8-9-19(29)30-11-18(28)24-16-7-6-14-4-3-5-15(14)10-16/h6-7,10H,3-5,8-9,11H2,1-2H3,(H2,22,26)(H,24,28). The summed E-state index contributed by atoms with van der Waals surface area (Å²) in [5, 5.41) is 6.90. The molecule has 0 saturated carbocycles. The topological polar surface area (TPSA) is 124 Å². The highest BCUT2D eigenvalue weighted by Crippen LogP contribution is 2.24. The van der Waals surface area contributed by atoms with Crippen LogP contribution in [0.1, 0.15) is 40.9 Å². The quantitative estimate of drug-likeness (QED) is 0.597. The van der Waals surface area contributed by atoms with Crippen LogP contribution in [0, 0.1) is 13.8 Å². The van der Waals surface area contributed by atoms with Crippen molar-refractivity contribution in [3.63, 3.8) is 0 Å². The number of nitrogen functional groups attached to an aromatic ring is 1. The van der Waals surface area contributed by atoms with Crippen LogP contribution in [0.25, 0.3) is 5.78 Å². The summed E-state index contributed by atoms with van der Waals surface area (Å²) in [5.41, 5.74) is 11.4. The first-order valence-corrected chi connectivity index (χ1v) is 9.96. The zero-order valence-corrected chi connectivity index (χ0v) is 17.1. The number of rotatable bonds is 6. The molecule has 9 nitrogen and oxygen atoms in total. The van der Waals surface area contributed by atoms with Crippen molar-refractivity contribution in [2.75, 3.05) is 17.7 Å². The van der Waals surface area contributed by atoms with Crippen molar-refractivity contribution in [2.45, 2.75) is 46.0 Å². The molecule has 156 valence electrons. The minimum atomic E-state index is -0.448. The van der Waals surface area contributed by atoms with Gasteiger partial charge < -0.3 is 15.8 Å². The number of carbonyl (C=O) groups excluding carboxylic acids is 2. The van der Waals surface area contributed by atoms with E-state index in [0.717, 1.165) is 41.9 Å². The number of nitrogens with one attached hydrogen (secondary N) is 1. The van der Waals surface area contributed by atoms with E-state index in [1.807, 2.05) is 32.0 Å². The molecule has 2 heterocycles. The molecule has 0 spiro atoms. The van der Waals surface area contributed by atoms with Crippen molar-refractivity contribution < 1.29 is 14.3 Å². The van der Waals surface area contributed by atoms with Gasteiger partial charge in [-0.05, 0) is 68.4 Å². The smallest absolute Gasteiger partial charge is 0.306 e. The third kappa shape index (κ3) is 4.10. The van der Waals surface area contributed by atoms with E-state index in [-0.39, 0.29) is 24.9 Å². The van der Waals surface area contributed by atoms with E-state index in [4.69, 9.17) is 10.5 Å². The number of nitrogens with zero attached hydrogens (tertiary/aromatic N) is 4. The third-order valence-corrected chi connectivity index (χ3v) is 5.39. The van der Waals surface area contributed by atoms with Crippen LogP contribution in [0.5, 0.6) is 0 Å². The maximum absolute atomic E-state index is 12.1. The first-order valence-electron chi connectivity index (χ1n) is 9.96. The summed E-state index contributed by atoms with van der Waals surface area (Å²) in [6.07, 6.45) is 3.83. The van der Waals surface area contributed by atoms with Gasteiger partial charge in [-0.15, -0.1) is 5.10 Å². The monoisotopic (exact) mass is 408 g/mol. The van der Waals surface area contributed by atoms with Gasteiger partial charge >= 0.3 is 5.97 Å². The second kappa shape index (κ2) is 8.10. The molecule has 30 heavy (non-hydrogen) atoms. The molecule has 0 aliphatic heterocycles. The lowest BCUT2D eigenvalue weighted by Gasteiger charge is -2.10. The molecule has 0 radical (unpaired) electrons. The van der Waals surface area contributed by atoms with Gasteiger partial charge in [0.1, 0.15) is 0 Å². The van der Waals surface area contributed by atoms with Gasteiger partial charge in [-0.1, -0.05) is 6.07 Å². The number of benzene rings is 1. The molecule has 0 saturated heterocycles. The number of hydrogen-bond acceptors (Lipinski definition) is 7. The van der Waals surface area contributed by atoms with Crippen molar-refractivity contribution in [2.24, 2.45) is 0 Å². The Labute approximate surface area is 173 Å². The predicted molar refractivity (Wildman–Crippen MR) is 111 cm³/mol. The maximum Gasteiger partial charge on any atom is 0.306 e. The van der Waals surface area contributed by atoms with E-state index in [1.165, 1.54) is 11.1 Å². The van der Waals surface area contributed by atoms with Gasteiger partial charge in [0.25, 0.3) is 11.7 Å². The van der Waals surface area contributed by atoms with Gasteiger partial charge in [0.05, 0.1) is 0 Å². The fraction of sp³-hybridized carbons (Fsp3) is 0.381. The lowest BCUT2D eigenvalue weighted by atomic mass is 10.1. The van der Waals surface area contributed by atoms with Crippen LogP contribution in [0.4, 0.5) is 11.6 Å². The van der Waals surface area contributed by atoms with E-state index < -0.39 is 5.97 Å². The Kier molecular flexibility index (Phi) is 5.35. The second-order valence-corrected chi connectivity index (χ2v) is 7.49. The summed E-state index contributed by atoms with van der Waals surface area (Å²) in [7, 11) is 0. The Balaban J connectivity index is 1.30. The number of carbonyl (C=O) groups is 2. The first kappa shape index (κ1) is 19.8. The van der Waals surface area contributed by atoms with Gasteiger partial charge in [-0.25, -0.2) is 4.98 Å². The van der Waals surface area contributed by atoms with Gasteiger partial charge in [-0.3, -0.25) is 9.59 Å². The normalized spacial score (nSPS) is 12.7. The molecule has 2 aromatic heterocycles. The van der Waals surface area contributed by atoms with Crippen LogP contribution >= 0.6 is 0 Å². The number of aryl methyl sites for hydroxylation is 4. The molecule has 1 aliphatic carbocycles. The number of nitrogens with two attached hydrogens (primary N) is 1. The van der Waals surface area contributed by atoms with Crippen LogP contribution in [-0.2, 0) is 33.6 Å². The number of fused-ring (bicyclic) bond motifs is 2. The molecule has 1 amide bonds. The fourth-order valence-corrected chi connectivity index (χ4v) is 3.88.